The van der Waals surface area contributed by atoms with Gasteiger partial charge in [0.1, 0.15) is 6.04 Å². The molecule has 0 fully saturated rings. The molecule has 0 aliphatic rings. The molecule has 0 radical (unpaired) electrons. The molecule has 0 saturated heterocycles. The summed E-state index contributed by atoms with van der Waals surface area (Å²) in [6.07, 6.45) is 2.93. The Kier molecular flexibility index (Phi) is 4.83. The van der Waals surface area contributed by atoms with Gasteiger partial charge in [-0.1, -0.05) is 36.2 Å². The molecule has 124 valence electrons. The second-order valence-corrected chi connectivity index (χ2v) is 6.60. The van der Waals surface area contributed by atoms with Crippen molar-refractivity contribution in [2.45, 2.75) is 26.3 Å². The van der Waals surface area contributed by atoms with Gasteiger partial charge in [0, 0.05) is 16.7 Å². The largest absolute Gasteiger partial charge is 0.335 e. The number of aryl methyl sites for hydroxylation is 1. The number of aromatic nitrogens is 1. The monoisotopic (exact) mass is 360 g/mol. The average molecular weight is 361 g/mol. The van der Waals surface area contributed by atoms with Gasteiger partial charge in [0.05, 0.1) is 10.7 Å². The van der Waals surface area contributed by atoms with Crippen LogP contribution in [0.3, 0.4) is 0 Å². The Labute approximate surface area is 151 Å². The molecular weight excluding hydrogens is 343 g/mol. The van der Waals surface area contributed by atoms with Crippen LogP contribution in [0, 0.1) is 0 Å². The molecule has 1 aromatic heterocycles. The van der Waals surface area contributed by atoms with Gasteiger partial charge in [0.25, 0.3) is 0 Å². The number of amides is 1. The van der Waals surface area contributed by atoms with Crippen LogP contribution in [-0.2, 0) is 11.2 Å². The predicted octanol–water partition coefficient (Wildman–Crippen LogP) is 5.71. The zero-order valence-electron chi connectivity index (χ0n) is 13.5. The molecule has 0 bridgehead atoms. The minimum atomic E-state index is -0.370. The van der Waals surface area contributed by atoms with Crippen molar-refractivity contribution in [2.75, 3.05) is 5.32 Å². The molecule has 1 unspecified atom stereocenters. The summed E-state index contributed by atoms with van der Waals surface area (Å²) in [4.78, 5) is 12.6. The first-order valence-corrected chi connectivity index (χ1v) is 8.60. The SMILES string of the molecule is CCc1ccc2c(ccn2C(C)C(=O)Nc2cc(Cl)ccc2Cl)c1. The van der Waals surface area contributed by atoms with E-state index < -0.39 is 0 Å². The Balaban J connectivity index is 1.87. The summed E-state index contributed by atoms with van der Waals surface area (Å²) in [5.74, 6) is -0.142. The molecule has 5 heteroatoms. The molecule has 3 aromatic rings. The third kappa shape index (κ3) is 3.28. The van der Waals surface area contributed by atoms with Gasteiger partial charge in [0.2, 0.25) is 5.91 Å². The van der Waals surface area contributed by atoms with E-state index in [-0.39, 0.29) is 11.9 Å². The van der Waals surface area contributed by atoms with Crippen LogP contribution in [-0.4, -0.2) is 10.5 Å². The highest BCUT2D eigenvalue weighted by Crippen LogP contribution is 2.27. The van der Waals surface area contributed by atoms with E-state index in [0.29, 0.717) is 15.7 Å². The number of halogens is 2. The Bertz CT molecular complexity index is 902. The summed E-state index contributed by atoms with van der Waals surface area (Å²) in [7, 11) is 0. The van der Waals surface area contributed by atoms with Crippen molar-refractivity contribution in [2.24, 2.45) is 0 Å². The fraction of sp³-hybridized carbons (Fsp3) is 0.211. The second-order valence-electron chi connectivity index (χ2n) is 5.76. The minimum Gasteiger partial charge on any atom is -0.335 e. The van der Waals surface area contributed by atoms with Gasteiger partial charge in [-0.25, -0.2) is 0 Å². The maximum Gasteiger partial charge on any atom is 0.247 e. The minimum absolute atomic E-state index is 0.142. The number of rotatable bonds is 4. The Morgan fingerprint density at radius 2 is 1.96 bits per heavy atom. The first-order valence-electron chi connectivity index (χ1n) is 7.85. The van der Waals surface area contributed by atoms with E-state index in [1.807, 2.05) is 23.8 Å². The summed E-state index contributed by atoms with van der Waals surface area (Å²) in [6.45, 7) is 3.99. The molecular formula is C19H18Cl2N2O. The fourth-order valence-corrected chi connectivity index (χ4v) is 3.06. The number of anilines is 1. The van der Waals surface area contributed by atoms with Crippen molar-refractivity contribution in [3.63, 3.8) is 0 Å². The van der Waals surface area contributed by atoms with Gasteiger partial charge < -0.3 is 9.88 Å². The molecule has 0 aliphatic heterocycles. The predicted molar refractivity (Wildman–Crippen MR) is 101 cm³/mol. The van der Waals surface area contributed by atoms with E-state index in [2.05, 4.69) is 30.4 Å². The Hall–Kier alpha value is -1.97. The van der Waals surface area contributed by atoms with Crippen LogP contribution < -0.4 is 5.32 Å². The molecule has 1 amide bonds. The van der Waals surface area contributed by atoms with Gasteiger partial charge in [-0.15, -0.1) is 0 Å². The number of benzene rings is 2. The maximum absolute atomic E-state index is 12.6. The van der Waals surface area contributed by atoms with Crippen molar-refractivity contribution >= 4 is 45.7 Å². The lowest BCUT2D eigenvalue weighted by Gasteiger charge is -2.16. The number of fused-ring (bicyclic) bond motifs is 1. The van der Waals surface area contributed by atoms with Gasteiger partial charge in [-0.05, 0) is 60.7 Å². The summed E-state index contributed by atoms with van der Waals surface area (Å²) >= 11 is 12.1. The van der Waals surface area contributed by atoms with E-state index in [4.69, 9.17) is 23.2 Å². The lowest BCUT2D eigenvalue weighted by atomic mass is 10.1. The van der Waals surface area contributed by atoms with E-state index in [0.717, 1.165) is 17.3 Å². The van der Waals surface area contributed by atoms with Crippen LogP contribution in [0.1, 0.15) is 25.5 Å². The third-order valence-corrected chi connectivity index (χ3v) is 4.74. The summed E-state index contributed by atoms with van der Waals surface area (Å²) in [5, 5.41) is 4.98. The Morgan fingerprint density at radius 3 is 2.71 bits per heavy atom. The third-order valence-electron chi connectivity index (χ3n) is 4.18. The highest BCUT2D eigenvalue weighted by molar-refractivity contribution is 6.35. The van der Waals surface area contributed by atoms with E-state index in [1.165, 1.54) is 5.56 Å². The zero-order chi connectivity index (χ0) is 17.3. The lowest BCUT2D eigenvalue weighted by molar-refractivity contribution is -0.118. The number of carbonyl (C=O) groups excluding carboxylic acids is 1. The molecule has 24 heavy (non-hydrogen) atoms. The molecule has 0 aliphatic carbocycles. The topological polar surface area (TPSA) is 34.0 Å². The molecule has 1 N–H and O–H groups in total. The molecule has 0 spiro atoms. The first kappa shape index (κ1) is 16.9. The van der Waals surface area contributed by atoms with Crippen LogP contribution in [0.4, 0.5) is 5.69 Å². The van der Waals surface area contributed by atoms with Gasteiger partial charge in [0.15, 0.2) is 0 Å². The maximum atomic E-state index is 12.6. The van der Waals surface area contributed by atoms with Gasteiger partial charge in [-0.3, -0.25) is 4.79 Å². The molecule has 3 nitrogen and oxygen atoms in total. The van der Waals surface area contributed by atoms with Crippen molar-refractivity contribution in [3.05, 3.63) is 64.3 Å². The fourth-order valence-electron chi connectivity index (χ4n) is 2.73. The van der Waals surface area contributed by atoms with Crippen LogP contribution in [0.2, 0.25) is 10.0 Å². The lowest BCUT2D eigenvalue weighted by Crippen LogP contribution is -2.23. The number of hydrogen-bond acceptors (Lipinski definition) is 1. The van der Waals surface area contributed by atoms with Crippen LogP contribution in [0.25, 0.3) is 10.9 Å². The van der Waals surface area contributed by atoms with E-state index in [1.54, 1.807) is 18.2 Å². The average Bonchev–Trinajstić information content (AvgIpc) is 3.00. The Morgan fingerprint density at radius 1 is 1.17 bits per heavy atom. The summed E-state index contributed by atoms with van der Waals surface area (Å²) in [6, 6.07) is 13.0. The number of carbonyl (C=O) groups is 1. The molecule has 2 aromatic carbocycles. The van der Waals surface area contributed by atoms with Crippen molar-refractivity contribution in [3.8, 4) is 0 Å². The molecule has 1 atom stereocenters. The summed E-state index contributed by atoms with van der Waals surface area (Å²) < 4.78 is 1.96. The van der Waals surface area contributed by atoms with Crippen molar-refractivity contribution in [1.29, 1.82) is 0 Å². The smallest absolute Gasteiger partial charge is 0.247 e. The van der Waals surface area contributed by atoms with Crippen LogP contribution in [0.15, 0.2) is 48.7 Å². The van der Waals surface area contributed by atoms with Gasteiger partial charge in [-0.2, -0.15) is 0 Å². The first-order chi connectivity index (χ1) is 11.5. The zero-order valence-corrected chi connectivity index (χ0v) is 15.0. The van der Waals surface area contributed by atoms with Crippen LogP contribution in [0.5, 0.6) is 0 Å². The van der Waals surface area contributed by atoms with Crippen molar-refractivity contribution < 1.29 is 4.79 Å². The quantitative estimate of drug-likeness (QED) is 0.634. The van der Waals surface area contributed by atoms with Crippen molar-refractivity contribution in [1.82, 2.24) is 4.57 Å². The second kappa shape index (κ2) is 6.88. The normalized spacial score (nSPS) is 12.3. The standard InChI is InChI=1S/C19H18Cl2N2O/c1-3-13-4-7-18-14(10-13)8-9-23(18)12(2)19(24)22-17-11-15(20)5-6-16(17)21/h4-12H,3H2,1-2H3,(H,22,24). The number of hydrogen-bond donors (Lipinski definition) is 1. The van der Waals surface area contributed by atoms with E-state index >= 15 is 0 Å². The number of nitrogens with one attached hydrogen (secondary N) is 1. The summed E-state index contributed by atoms with van der Waals surface area (Å²) in [5.41, 5.74) is 2.83. The number of nitrogens with zero attached hydrogens (tertiary/aromatic N) is 1. The highest BCUT2D eigenvalue weighted by atomic mass is 35.5. The molecule has 3 rings (SSSR count). The molecule has 1 heterocycles. The van der Waals surface area contributed by atoms with E-state index in [9.17, 15) is 4.79 Å². The van der Waals surface area contributed by atoms with Gasteiger partial charge >= 0.3 is 0 Å². The highest BCUT2D eigenvalue weighted by Gasteiger charge is 2.18. The van der Waals surface area contributed by atoms with Crippen LogP contribution >= 0.6 is 23.2 Å². The molecule has 0 saturated carbocycles.